The number of likely N-dealkylation sites (N-methyl/N-ethyl adjacent to an activating group) is 1. The van der Waals surface area contributed by atoms with Crippen LogP contribution in [0.25, 0.3) is 0 Å². The summed E-state index contributed by atoms with van der Waals surface area (Å²) in [6.45, 7) is 8.34. The Morgan fingerprint density at radius 1 is 1.42 bits per heavy atom. The van der Waals surface area contributed by atoms with Crippen LogP contribution in [0.5, 0.6) is 5.75 Å². The predicted octanol–water partition coefficient (Wildman–Crippen LogP) is 1.90. The Bertz CT molecular complexity index is 432. The zero-order valence-electron chi connectivity index (χ0n) is 12.4. The van der Waals surface area contributed by atoms with Gasteiger partial charge in [-0.05, 0) is 45.4 Å². The Morgan fingerprint density at radius 3 is 2.63 bits per heavy atom. The molecule has 2 unspecified atom stereocenters. The third-order valence-corrected chi connectivity index (χ3v) is 4.44. The fourth-order valence-electron chi connectivity index (χ4n) is 2.62. The molecule has 1 aliphatic rings. The monoisotopic (exact) mass is 284 g/mol. The van der Waals surface area contributed by atoms with Crippen molar-refractivity contribution < 1.29 is 4.74 Å². The first-order chi connectivity index (χ1) is 8.90. The number of nitrogens with two attached hydrogens (primary N) is 1. The zero-order valence-corrected chi connectivity index (χ0v) is 13.2. The lowest BCUT2D eigenvalue weighted by molar-refractivity contribution is 0.244. The molecule has 0 radical (unpaired) electrons. The van der Waals surface area contributed by atoms with E-state index >= 15 is 0 Å². The van der Waals surface area contributed by atoms with E-state index in [2.05, 4.69) is 35.2 Å². The van der Waals surface area contributed by atoms with Gasteiger partial charge in [-0.15, -0.1) is 0 Å². The first-order valence-corrected chi connectivity index (χ1v) is 7.50. The van der Waals surface area contributed by atoms with Crippen molar-refractivity contribution in [3.05, 3.63) is 0 Å². The van der Waals surface area contributed by atoms with Gasteiger partial charge >= 0.3 is 0 Å². The van der Waals surface area contributed by atoms with Crippen LogP contribution in [0.15, 0.2) is 0 Å². The highest BCUT2D eigenvalue weighted by Gasteiger charge is 2.34. The molecule has 1 aromatic heterocycles. The molecular weight excluding hydrogens is 260 g/mol. The Balaban J connectivity index is 2.19. The number of anilines is 2. The summed E-state index contributed by atoms with van der Waals surface area (Å²) in [7, 11) is 4.27. The number of aromatic nitrogens is 1. The molecule has 2 atom stereocenters. The molecular formula is C13H24N4OS. The Kier molecular flexibility index (Phi) is 4.20. The molecule has 2 heterocycles. The van der Waals surface area contributed by atoms with Gasteiger partial charge in [-0.25, -0.2) is 0 Å². The van der Waals surface area contributed by atoms with Gasteiger partial charge in [0.1, 0.15) is 0 Å². The molecule has 19 heavy (non-hydrogen) atoms. The maximum absolute atomic E-state index is 5.92. The third-order valence-electron chi connectivity index (χ3n) is 3.53. The lowest BCUT2D eigenvalue weighted by atomic mass is 10.1. The molecule has 0 aliphatic carbocycles. The molecule has 0 amide bonds. The van der Waals surface area contributed by atoms with Crippen molar-refractivity contribution in [1.82, 2.24) is 9.27 Å². The molecule has 1 fully saturated rings. The van der Waals surface area contributed by atoms with Gasteiger partial charge in [0.15, 0.2) is 16.6 Å². The topological polar surface area (TPSA) is 54.6 Å². The van der Waals surface area contributed by atoms with Crippen molar-refractivity contribution in [2.75, 3.05) is 37.8 Å². The summed E-state index contributed by atoms with van der Waals surface area (Å²) in [5.74, 6) is 1.89. The highest BCUT2D eigenvalue weighted by Crippen LogP contribution is 2.41. The fraction of sp³-hybridized carbons (Fsp3) is 0.769. The van der Waals surface area contributed by atoms with Gasteiger partial charge in [-0.3, -0.25) is 0 Å². The lowest BCUT2D eigenvalue weighted by Crippen LogP contribution is -2.34. The maximum atomic E-state index is 5.92. The van der Waals surface area contributed by atoms with E-state index < -0.39 is 0 Å². The van der Waals surface area contributed by atoms with Gasteiger partial charge in [0.25, 0.3) is 0 Å². The second kappa shape index (κ2) is 5.54. The fourth-order valence-corrected chi connectivity index (χ4v) is 3.39. The quantitative estimate of drug-likeness (QED) is 0.915. The van der Waals surface area contributed by atoms with Crippen molar-refractivity contribution in [2.45, 2.75) is 32.9 Å². The highest BCUT2D eigenvalue weighted by atomic mass is 32.1. The van der Waals surface area contributed by atoms with E-state index in [-0.39, 0.29) is 6.10 Å². The van der Waals surface area contributed by atoms with Crippen molar-refractivity contribution in [2.24, 2.45) is 5.92 Å². The minimum Gasteiger partial charge on any atom is -0.484 e. The van der Waals surface area contributed by atoms with E-state index in [1.807, 2.05) is 13.8 Å². The minimum atomic E-state index is 0.113. The van der Waals surface area contributed by atoms with Crippen LogP contribution in [0.2, 0.25) is 0 Å². The van der Waals surface area contributed by atoms with E-state index in [4.69, 9.17) is 10.5 Å². The van der Waals surface area contributed by atoms with Crippen LogP contribution < -0.4 is 15.4 Å². The molecule has 6 heteroatoms. The van der Waals surface area contributed by atoms with E-state index in [0.717, 1.165) is 23.8 Å². The summed E-state index contributed by atoms with van der Waals surface area (Å²) < 4.78 is 10.1. The molecule has 1 aliphatic heterocycles. The molecule has 108 valence electrons. The van der Waals surface area contributed by atoms with Gasteiger partial charge in [-0.1, -0.05) is 6.92 Å². The van der Waals surface area contributed by atoms with Crippen LogP contribution in [0.4, 0.5) is 10.8 Å². The Hall–Kier alpha value is -1.01. The number of hydrogen-bond donors (Lipinski definition) is 1. The van der Waals surface area contributed by atoms with Crippen molar-refractivity contribution in [3.8, 4) is 5.75 Å². The number of hydrogen-bond acceptors (Lipinski definition) is 6. The van der Waals surface area contributed by atoms with Crippen LogP contribution in [-0.4, -0.2) is 48.6 Å². The number of ether oxygens (including phenoxy) is 1. The van der Waals surface area contributed by atoms with Crippen LogP contribution in [0, 0.1) is 5.92 Å². The first-order valence-electron chi connectivity index (χ1n) is 6.73. The molecule has 1 saturated heterocycles. The number of rotatable bonds is 4. The molecule has 2 rings (SSSR count). The third kappa shape index (κ3) is 2.95. The average molecular weight is 284 g/mol. The normalized spacial score (nSPS) is 23.6. The molecule has 1 aromatic rings. The molecule has 0 bridgehead atoms. The van der Waals surface area contributed by atoms with E-state index in [1.165, 1.54) is 11.5 Å². The molecule has 5 nitrogen and oxygen atoms in total. The number of nitrogen functional groups attached to an aromatic ring is 1. The standard InChI is InChI=1S/C13H24N4OS/c1-8(2)18-11-12(14)15-19-13(11)17-6-9(3)10(7-17)16(4)5/h8-10H,6-7H2,1-5H3,(H2,14,15). The summed E-state index contributed by atoms with van der Waals surface area (Å²) in [4.78, 5) is 4.64. The molecule has 0 spiro atoms. The molecule has 0 saturated carbocycles. The van der Waals surface area contributed by atoms with Crippen molar-refractivity contribution >= 4 is 22.4 Å². The van der Waals surface area contributed by atoms with E-state index in [0.29, 0.717) is 17.8 Å². The Labute approximate surface area is 119 Å². The summed E-state index contributed by atoms with van der Waals surface area (Å²) >= 11 is 1.44. The SMILES string of the molecule is CC(C)Oc1c(N)nsc1N1CC(C)C(N(C)C)C1. The molecule has 2 N–H and O–H groups in total. The second-order valence-corrected chi connectivity index (χ2v) is 6.53. The largest absolute Gasteiger partial charge is 0.484 e. The van der Waals surface area contributed by atoms with Gasteiger partial charge in [0.2, 0.25) is 0 Å². The zero-order chi connectivity index (χ0) is 14.2. The maximum Gasteiger partial charge on any atom is 0.198 e. The van der Waals surface area contributed by atoms with Gasteiger partial charge in [0.05, 0.1) is 6.10 Å². The highest BCUT2D eigenvalue weighted by molar-refractivity contribution is 7.11. The van der Waals surface area contributed by atoms with Crippen LogP contribution in [0.3, 0.4) is 0 Å². The van der Waals surface area contributed by atoms with Crippen LogP contribution in [-0.2, 0) is 0 Å². The van der Waals surface area contributed by atoms with Crippen molar-refractivity contribution in [3.63, 3.8) is 0 Å². The Morgan fingerprint density at radius 2 is 2.11 bits per heavy atom. The van der Waals surface area contributed by atoms with Gasteiger partial charge in [0, 0.05) is 19.1 Å². The van der Waals surface area contributed by atoms with Crippen molar-refractivity contribution in [1.29, 1.82) is 0 Å². The van der Waals surface area contributed by atoms with E-state index in [9.17, 15) is 0 Å². The number of nitrogens with zero attached hydrogens (tertiary/aromatic N) is 3. The smallest absolute Gasteiger partial charge is 0.198 e. The van der Waals surface area contributed by atoms with Gasteiger partial charge in [-0.2, -0.15) is 4.37 Å². The minimum absolute atomic E-state index is 0.113. The predicted molar refractivity (Wildman–Crippen MR) is 81.1 cm³/mol. The van der Waals surface area contributed by atoms with E-state index in [1.54, 1.807) is 0 Å². The first kappa shape index (κ1) is 14.4. The second-order valence-electron chi connectivity index (χ2n) is 5.78. The van der Waals surface area contributed by atoms with Crippen LogP contribution >= 0.6 is 11.5 Å². The average Bonchev–Trinajstić information content (AvgIpc) is 2.83. The van der Waals surface area contributed by atoms with Gasteiger partial charge < -0.3 is 20.3 Å². The van der Waals surface area contributed by atoms with Crippen LogP contribution in [0.1, 0.15) is 20.8 Å². The summed E-state index contributed by atoms with van der Waals surface area (Å²) in [5, 5.41) is 1.07. The lowest BCUT2D eigenvalue weighted by Gasteiger charge is -2.23. The molecule has 0 aromatic carbocycles. The summed E-state index contributed by atoms with van der Waals surface area (Å²) in [6.07, 6.45) is 0.113. The summed E-state index contributed by atoms with van der Waals surface area (Å²) in [5.41, 5.74) is 5.92. The summed E-state index contributed by atoms with van der Waals surface area (Å²) in [6, 6.07) is 0.565.